The van der Waals surface area contributed by atoms with Gasteiger partial charge in [-0.1, -0.05) is 0 Å². The fourth-order valence-corrected chi connectivity index (χ4v) is 3.75. The molecule has 1 aliphatic heterocycles. The number of carboxylic acids is 1. The van der Waals surface area contributed by atoms with Gasteiger partial charge in [-0.25, -0.2) is 27.7 Å². The summed E-state index contributed by atoms with van der Waals surface area (Å²) < 4.78 is 43.3. The molecule has 9 nitrogen and oxygen atoms in total. The smallest absolute Gasteiger partial charge is 0.341 e. The summed E-state index contributed by atoms with van der Waals surface area (Å²) in [6, 6.07) is 2.89. The summed E-state index contributed by atoms with van der Waals surface area (Å²) in [6.07, 6.45) is 1.26. The van der Waals surface area contributed by atoms with E-state index >= 15 is 0 Å². The third-order valence-electron chi connectivity index (χ3n) is 5.25. The van der Waals surface area contributed by atoms with E-state index in [1.165, 1.54) is 21.9 Å². The predicted octanol–water partition coefficient (Wildman–Crippen LogP) is 2.13. The standard InChI is InChI=1S/C21H17F3N4O5/c22-11-8-14(23)17(15(24)9-11)28-10-13(20(31)32)18(30)12-2-3-16(25-19(12)28)27-5-1-4-26(6-7-29)21(27)33/h2-3,8-10,29H,1,4-7H2,(H,31,32). The van der Waals surface area contributed by atoms with Gasteiger partial charge in [0.25, 0.3) is 0 Å². The van der Waals surface area contributed by atoms with E-state index in [4.69, 9.17) is 5.11 Å². The second-order valence-electron chi connectivity index (χ2n) is 7.30. The minimum Gasteiger partial charge on any atom is -0.477 e. The highest BCUT2D eigenvalue weighted by Gasteiger charge is 2.28. The number of pyridine rings is 2. The Morgan fingerprint density at radius 3 is 2.42 bits per heavy atom. The van der Waals surface area contributed by atoms with Gasteiger partial charge < -0.3 is 15.1 Å². The van der Waals surface area contributed by atoms with Gasteiger partial charge in [-0.3, -0.25) is 14.3 Å². The Kier molecular flexibility index (Phi) is 5.77. The zero-order chi connectivity index (χ0) is 23.9. The van der Waals surface area contributed by atoms with Crippen LogP contribution < -0.4 is 10.3 Å². The average molecular weight is 462 g/mol. The molecule has 0 spiro atoms. The zero-order valence-electron chi connectivity index (χ0n) is 17.0. The summed E-state index contributed by atoms with van der Waals surface area (Å²) in [5.74, 6) is -5.45. The summed E-state index contributed by atoms with van der Waals surface area (Å²) in [7, 11) is 0. The Balaban J connectivity index is 1.97. The molecule has 12 heteroatoms. The van der Waals surface area contributed by atoms with Crippen LogP contribution in [-0.2, 0) is 0 Å². The van der Waals surface area contributed by atoms with E-state index in [1.807, 2.05) is 0 Å². The Morgan fingerprint density at radius 1 is 1.09 bits per heavy atom. The van der Waals surface area contributed by atoms with Crippen molar-refractivity contribution in [2.75, 3.05) is 31.1 Å². The summed E-state index contributed by atoms with van der Waals surface area (Å²) in [4.78, 5) is 43.9. The Morgan fingerprint density at radius 2 is 1.79 bits per heavy atom. The van der Waals surface area contributed by atoms with Crippen LogP contribution in [0, 0.1) is 17.5 Å². The molecule has 3 aromatic rings. The lowest BCUT2D eigenvalue weighted by atomic mass is 10.1. The maximum atomic E-state index is 14.6. The number of aliphatic hydroxyl groups excluding tert-OH is 1. The van der Waals surface area contributed by atoms with E-state index in [-0.39, 0.29) is 36.5 Å². The minimum atomic E-state index is -1.63. The first kappa shape index (κ1) is 22.3. The van der Waals surface area contributed by atoms with Crippen LogP contribution in [0.4, 0.5) is 23.8 Å². The van der Waals surface area contributed by atoms with E-state index in [0.29, 0.717) is 35.9 Å². The Labute approximate surface area is 183 Å². The van der Waals surface area contributed by atoms with E-state index in [1.54, 1.807) is 0 Å². The third kappa shape index (κ3) is 3.89. The molecule has 172 valence electrons. The first-order chi connectivity index (χ1) is 15.7. The molecular formula is C21H17F3N4O5. The van der Waals surface area contributed by atoms with E-state index in [2.05, 4.69) is 4.98 Å². The highest BCUT2D eigenvalue weighted by atomic mass is 19.1. The maximum Gasteiger partial charge on any atom is 0.341 e. The molecule has 1 saturated heterocycles. The van der Waals surface area contributed by atoms with Crippen molar-refractivity contribution >= 4 is 28.9 Å². The zero-order valence-corrected chi connectivity index (χ0v) is 17.0. The summed E-state index contributed by atoms with van der Waals surface area (Å²) in [5, 5.41) is 18.3. The minimum absolute atomic E-state index is 0.0503. The van der Waals surface area contributed by atoms with Crippen molar-refractivity contribution in [1.29, 1.82) is 0 Å². The topological polar surface area (TPSA) is 116 Å². The summed E-state index contributed by atoms with van der Waals surface area (Å²) in [6.45, 7) is 0.533. The molecule has 0 saturated carbocycles. The molecule has 3 heterocycles. The number of urea groups is 1. The third-order valence-corrected chi connectivity index (χ3v) is 5.25. The van der Waals surface area contributed by atoms with Crippen LogP contribution in [0.1, 0.15) is 16.8 Å². The van der Waals surface area contributed by atoms with Gasteiger partial charge in [0.2, 0.25) is 5.43 Å². The number of carbonyl (C=O) groups is 2. The van der Waals surface area contributed by atoms with Crippen LogP contribution in [0.15, 0.2) is 35.3 Å². The number of nitrogens with zero attached hydrogens (tertiary/aromatic N) is 4. The number of halogens is 3. The number of benzene rings is 1. The lowest BCUT2D eigenvalue weighted by Gasteiger charge is -2.34. The molecule has 4 rings (SSSR count). The maximum absolute atomic E-state index is 14.6. The van der Waals surface area contributed by atoms with Crippen molar-refractivity contribution in [3.63, 3.8) is 0 Å². The van der Waals surface area contributed by atoms with Gasteiger partial charge in [-0.2, -0.15) is 0 Å². The Bertz CT molecular complexity index is 1320. The number of carboxylic acid groups (broad SMARTS) is 1. The Hall–Kier alpha value is -3.93. The van der Waals surface area contributed by atoms with E-state index in [0.717, 1.165) is 0 Å². The monoisotopic (exact) mass is 462 g/mol. The molecule has 1 fully saturated rings. The fraction of sp³-hybridized carbons (Fsp3) is 0.238. The molecule has 0 radical (unpaired) electrons. The van der Waals surface area contributed by atoms with Gasteiger partial charge >= 0.3 is 12.0 Å². The number of aromatic nitrogens is 2. The molecule has 1 aromatic carbocycles. The van der Waals surface area contributed by atoms with Crippen molar-refractivity contribution in [2.45, 2.75) is 6.42 Å². The molecule has 0 aliphatic carbocycles. The number of rotatable bonds is 5. The number of β-amino-alcohol motifs (C(OH)–C–C–N with tert-alkyl or cyclic N) is 1. The molecule has 0 bridgehead atoms. The van der Waals surface area contributed by atoms with Gasteiger partial charge in [0.15, 0.2) is 17.3 Å². The second kappa shape index (κ2) is 8.54. The largest absolute Gasteiger partial charge is 0.477 e. The van der Waals surface area contributed by atoms with Crippen LogP contribution in [-0.4, -0.2) is 62.9 Å². The normalized spacial score (nSPS) is 14.2. The molecule has 2 N–H and O–H groups in total. The first-order valence-electron chi connectivity index (χ1n) is 9.85. The van der Waals surface area contributed by atoms with E-state index in [9.17, 15) is 32.7 Å². The van der Waals surface area contributed by atoms with Crippen molar-refractivity contribution in [3.8, 4) is 5.69 Å². The molecule has 0 unspecified atom stereocenters. The van der Waals surface area contributed by atoms with Crippen molar-refractivity contribution in [1.82, 2.24) is 14.5 Å². The lowest BCUT2D eigenvalue weighted by Crippen LogP contribution is -2.50. The lowest BCUT2D eigenvalue weighted by molar-refractivity contribution is 0.0695. The molecule has 33 heavy (non-hydrogen) atoms. The highest BCUT2D eigenvalue weighted by Crippen LogP contribution is 2.26. The average Bonchev–Trinajstić information content (AvgIpc) is 2.75. The van der Waals surface area contributed by atoms with Gasteiger partial charge in [-0.05, 0) is 18.6 Å². The number of fused-ring (bicyclic) bond motifs is 1. The van der Waals surface area contributed by atoms with Gasteiger partial charge in [0.1, 0.15) is 22.9 Å². The van der Waals surface area contributed by atoms with Crippen LogP contribution >= 0.6 is 0 Å². The second-order valence-corrected chi connectivity index (χ2v) is 7.30. The number of hydrogen-bond donors (Lipinski definition) is 2. The van der Waals surface area contributed by atoms with Crippen LogP contribution in [0.5, 0.6) is 0 Å². The summed E-state index contributed by atoms with van der Waals surface area (Å²) in [5.41, 5.74) is -2.87. The SMILES string of the molecule is O=C(O)c1cn(-c2c(F)cc(F)cc2F)c2nc(N3CCCN(CCO)C3=O)ccc2c1=O. The van der Waals surface area contributed by atoms with Crippen LogP contribution in [0.25, 0.3) is 16.7 Å². The van der Waals surface area contributed by atoms with Crippen molar-refractivity contribution in [3.05, 3.63) is 63.7 Å². The number of aliphatic hydroxyl groups is 1. The summed E-state index contributed by atoms with van der Waals surface area (Å²) >= 11 is 0. The highest BCUT2D eigenvalue weighted by molar-refractivity contribution is 5.95. The number of anilines is 1. The molecule has 0 atom stereocenters. The number of amides is 2. The fourth-order valence-electron chi connectivity index (χ4n) is 3.75. The van der Waals surface area contributed by atoms with Crippen LogP contribution in [0.3, 0.4) is 0 Å². The molecule has 2 amide bonds. The van der Waals surface area contributed by atoms with Crippen molar-refractivity contribution in [2.24, 2.45) is 0 Å². The van der Waals surface area contributed by atoms with Crippen LogP contribution in [0.2, 0.25) is 0 Å². The molecular weight excluding hydrogens is 445 g/mol. The number of carbonyl (C=O) groups excluding carboxylic acids is 1. The predicted molar refractivity (Wildman–Crippen MR) is 110 cm³/mol. The van der Waals surface area contributed by atoms with Gasteiger partial charge in [-0.15, -0.1) is 0 Å². The number of aromatic carboxylic acids is 1. The molecule has 1 aliphatic rings. The quantitative estimate of drug-likeness (QED) is 0.600. The first-order valence-corrected chi connectivity index (χ1v) is 9.85. The molecule has 2 aromatic heterocycles. The number of hydrogen-bond acceptors (Lipinski definition) is 5. The van der Waals surface area contributed by atoms with E-state index < -0.39 is 46.1 Å². The van der Waals surface area contributed by atoms with Crippen molar-refractivity contribution < 1.29 is 33.0 Å². The van der Waals surface area contributed by atoms with Gasteiger partial charge in [0, 0.05) is 38.0 Å². The van der Waals surface area contributed by atoms with Gasteiger partial charge in [0.05, 0.1) is 12.0 Å².